The van der Waals surface area contributed by atoms with Crippen molar-refractivity contribution in [2.24, 2.45) is 3.15 Å². The summed E-state index contributed by atoms with van der Waals surface area (Å²) in [4.78, 5) is 0. The molecule has 38 valence electrons. The molecule has 0 saturated heterocycles. The van der Waals surface area contributed by atoms with Crippen molar-refractivity contribution < 1.29 is 5.11 Å². The van der Waals surface area contributed by atoms with Gasteiger partial charge in [0.15, 0.2) is 0 Å². The van der Waals surface area contributed by atoms with E-state index in [-0.39, 0.29) is 21.0 Å². The summed E-state index contributed by atoms with van der Waals surface area (Å²) in [5, 5.41) is 8.65. The topological polar surface area (TPSA) is 32.6 Å². The largest absolute Gasteiger partial charge is 0.507 e. The molecular formula is C4H4INO. The van der Waals surface area contributed by atoms with Crippen LogP contribution in [0.25, 0.3) is 0 Å². The van der Waals surface area contributed by atoms with Gasteiger partial charge in [0.2, 0.25) is 0 Å². The third-order valence-corrected chi connectivity index (χ3v) is 2.08. The zero-order chi connectivity index (χ0) is 5.11. The Bertz CT molecular complexity index is 148. The number of halogens is 1. The Morgan fingerprint density at radius 1 is 1.71 bits per heavy atom. The van der Waals surface area contributed by atoms with Crippen LogP contribution in [0.2, 0.25) is 0 Å². The molecule has 7 heavy (non-hydrogen) atoms. The molecule has 0 aromatic heterocycles. The van der Waals surface area contributed by atoms with Gasteiger partial charge in [-0.25, -0.2) is 3.15 Å². The van der Waals surface area contributed by atoms with E-state index in [1.807, 2.05) is 0 Å². The molecule has 1 N–H and O–H groups in total. The van der Waals surface area contributed by atoms with Gasteiger partial charge in [-0.15, -0.1) is 0 Å². The van der Waals surface area contributed by atoms with Crippen molar-refractivity contribution in [2.45, 2.75) is 0 Å². The van der Waals surface area contributed by atoms with Crippen molar-refractivity contribution in [2.75, 3.05) is 0 Å². The van der Waals surface area contributed by atoms with Crippen molar-refractivity contribution >= 4 is 21.0 Å². The highest BCUT2D eigenvalue weighted by Gasteiger charge is 1.83. The lowest BCUT2D eigenvalue weighted by molar-refractivity contribution is 0.434. The van der Waals surface area contributed by atoms with Crippen molar-refractivity contribution in [3.05, 3.63) is 22.1 Å². The van der Waals surface area contributed by atoms with Gasteiger partial charge in [0, 0.05) is 31.3 Å². The first-order valence-corrected chi connectivity index (χ1v) is 3.99. The first-order chi connectivity index (χ1) is 3.39. The van der Waals surface area contributed by atoms with Crippen molar-refractivity contribution in [3.63, 3.8) is 0 Å². The van der Waals surface area contributed by atoms with Crippen LogP contribution >= 0.6 is 21.0 Å². The lowest BCUT2D eigenvalue weighted by atomic mass is 10.5. The molecule has 0 bridgehead atoms. The van der Waals surface area contributed by atoms with Crippen LogP contribution in [0.15, 0.2) is 25.3 Å². The molecule has 0 unspecified atom stereocenters. The molecule has 1 aliphatic rings. The van der Waals surface area contributed by atoms with E-state index < -0.39 is 0 Å². The summed E-state index contributed by atoms with van der Waals surface area (Å²) in [6.45, 7) is 0. The number of allylic oxidation sites excluding steroid dienone is 1. The molecule has 1 aliphatic heterocycles. The van der Waals surface area contributed by atoms with Crippen LogP contribution in [-0.4, -0.2) is 5.11 Å². The van der Waals surface area contributed by atoms with E-state index in [4.69, 9.17) is 5.11 Å². The van der Waals surface area contributed by atoms with Crippen LogP contribution in [0.5, 0.6) is 0 Å². The van der Waals surface area contributed by atoms with E-state index in [0.29, 0.717) is 5.76 Å². The first kappa shape index (κ1) is 4.96. The fourth-order valence-electron chi connectivity index (χ4n) is 0.252. The van der Waals surface area contributed by atoms with E-state index in [1.54, 1.807) is 16.4 Å². The summed E-state index contributed by atoms with van der Waals surface area (Å²) in [6, 6.07) is 0. The minimum atomic E-state index is -0.199. The van der Waals surface area contributed by atoms with Crippen LogP contribution < -0.4 is 0 Å². The molecule has 0 aliphatic carbocycles. The second kappa shape index (κ2) is 2.20. The predicted octanol–water partition coefficient (Wildman–Crippen LogP) is 2.07. The zero-order valence-electron chi connectivity index (χ0n) is 3.50. The summed E-state index contributed by atoms with van der Waals surface area (Å²) in [6.07, 6.45) is 3.23. The van der Waals surface area contributed by atoms with Crippen molar-refractivity contribution in [1.82, 2.24) is 0 Å². The summed E-state index contributed by atoms with van der Waals surface area (Å²) in [5.41, 5.74) is 0. The van der Waals surface area contributed by atoms with E-state index in [1.165, 1.54) is 0 Å². The zero-order valence-corrected chi connectivity index (χ0v) is 5.66. The van der Waals surface area contributed by atoms with Crippen molar-refractivity contribution in [1.29, 1.82) is 0 Å². The van der Waals surface area contributed by atoms with Crippen LogP contribution in [-0.2, 0) is 0 Å². The maximum atomic E-state index is 8.65. The lowest BCUT2D eigenvalue weighted by Gasteiger charge is -1.87. The molecular weight excluding hydrogens is 205 g/mol. The van der Waals surface area contributed by atoms with Gasteiger partial charge in [0.25, 0.3) is 0 Å². The Kier molecular flexibility index (Phi) is 1.56. The summed E-state index contributed by atoms with van der Waals surface area (Å²) in [7, 11) is 0. The Morgan fingerprint density at radius 3 is 2.86 bits per heavy atom. The van der Waals surface area contributed by atoms with E-state index in [2.05, 4.69) is 3.15 Å². The lowest BCUT2D eigenvalue weighted by Crippen LogP contribution is -1.69. The van der Waals surface area contributed by atoms with Gasteiger partial charge in [-0.1, -0.05) is 0 Å². The number of aliphatic hydroxyl groups is 1. The quantitative estimate of drug-likeness (QED) is 0.608. The highest BCUT2D eigenvalue weighted by molar-refractivity contribution is 14.2. The average molecular weight is 209 g/mol. The predicted molar refractivity (Wildman–Crippen MR) is 36.3 cm³/mol. The maximum Gasteiger partial charge on any atom is 0.124 e. The highest BCUT2D eigenvalue weighted by Crippen LogP contribution is 2.11. The number of aliphatic hydroxyl groups excluding tert-OH is 1. The highest BCUT2D eigenvalue weighted by atomic mass is 127. The number of nitrogens with zero attached hydrogens (tertiary/aromatic N) is 1. The molecule has 0 saturated carbocycles. The fourth-order valence-corrected chi connectivity index (χ4v) is 1.25. The normalized spacial score (nSPS) is 18.0. The second-order valence-electron chi connectivity index (χ2n) is 1.04. The third kappa shape index (κ3) is 1.38. The van der Waals surface area contributed by atoms with Crippen LogP contribution in [0.1, 0.15) is 0 Å². The minimum absolute atomic E-state index is 0.199. The molecule has 0 spiro atoms. The number of hydrogen-bond acceptors (Lipinski definition) is 2. The molecule has 0 aromatic carbocycles. The molecule has 3 heteroatoms. The van der Waals surface area contributed by atoms with E-state index in [0.717, 1.165) is 0 Å². The molecule has 1 heterocycles. The molecule has 0 radical (unpaired) electrons. The van der Waals surface area contributed by atoms with Gasteiger partial charge < -0.3 is 5.11 Å². The summed E-state index contributed by atoms with van der Waals surface area (Å²) >= 11 is -0.199. The van der Waals surface area contributed by atoms with Gasteiger partial charge in [0.1, 0.15) is 5.76 Å². The van der Waals surface area contributed by atoms with Crippen LogP contribution in [0.4, 0.5) is 0 Å². The standard InChI is InChI=1S/C4H4INO/c7-4-1-2-6-5-3-4/h1-3,7H. The molecule has 0 fully saturated rings. The minimum Gasteiger partial charge on any atom is -0.507 e. The maximum absolute atomic E-state index is 8.65. The Labute approximate surface area is 51.7 Å². The Balaban J connectivity index is 2.82. The smallest absolute Gasteiger partial charge is 0.124 e. The number of rotatable bonds is 0. The molecule has 2 nitrogen and oxygen atoms in total. The first-order valence-electron chi connectivity index (χ1n) is 1.78. The third-order valence-electron chi connectivity index (χ3n) is 0.519. The molecule has 1 rings (SSSR count). The van der Waals surface area contributed by atoms with E-state index >= 15 is 0 Å². The van der Waals surface area contributed by atoms with Crippen LogP contribution in [0, 0.1) is 0 Å². The summed E-state index contributed by atoms with van der Waals surface area (Å²) in [5.74, 6) is 0.364. The second-order valence-corrected chi connectivity index (χ2v) is 2.78. The van der Waals surface area contributed by atoms with E-state index in [9.17, 15) is 0 Å². The Hall–Kier alpha value is -0.190. The van der Waals surface area contributed by atoms with Crippen LogP contribution in [0.3, 0.4) is 0 Å². The SMILES string of the molecule is OC1=CI=NC=C1. The summed E-state index contributed by atoms with van der Waals surface area (Å²) < 4.78 is 5.68. The van der Waals surface area contributed by atoms with Gasteiger partial charge in [-0.2, -0.15) is 0 Å². The molecule has 0 amide bonds. The van der Waals surface area contributed by atoms with Gasteiger partial charge in [-0.3, -0.25) is 0 Å². The van der Waals surface area contributed by atoms with Gasteiger partial charge in [-0.05, 0) is 6.08 Å². The molecule has 0 aromatic rings. The fraction of sp³-hybridized carbons (Fsp3) is 0. The Morgan fingerprint density at radius 2 is 2.57 bits per heavy atom. The molecule has 0 atom stereocenters. The van der Waals surface area contributed by atoms with Crippen molar-refractivity contribution in [3.8, 4) is 0 Å². The average Bonchev–Trinajstić information content (AvgIpc) is 1.69. The monoisotopic (exact) mass is 209 g/mol. The van der Waals surface area contributed by atoms with Gasteiger partial charge in [0.05, 0.1) is 0 Å². The number of hydrogen-bond donors (Lipinski definition) is 1. The van der Waals surface area contributed by atoms with Gasteiger partial charge >= 0.3 is 0 Å².